The molecule has 104 valence electrons. The Kier molecular flexibility index (Phi) is 3.45. The lowest BCUT2D eigenvalue weighted by atomic mass is 9.95. The predicted octanol–water partition coefficient (Wildman–Crippen LogP) is 2.44. The second-order valence-electron chi connectivity index (χ2n) is 5.42. The van der Waals surface area contributed by atoms with Crippen LogP contribution in [0, 0.1) is 12.8 Å². The zero-order chi connectivity index (χ0) is 13.6. The van der Waals surface area contributed by atoms with Crippen LogP contribution in [0.4, 0.5) is 0 Å². The zero-order valence-electron chi connectivity index (χ0n) is 11.3. The van der Waals surface area contributed by atoms with E-state index in [-0.39, 0.29) is 0 Å². The topological polar surface area (TPSA) is 47.7 Å². The molecule has 2 aliphatic heterocycles. The molecular weight excluding hydrogens is 308 g/mol. The lowest BCUT2D eigenvalue weighted by molar-refractivity contribution is 0.171. The maximum Gasteiger partial charge on any atom is 0.231 e. The zero-order valence-corrected chi connectivity index (χ0v) is 12.9. The van der Waals surface area contributed by atoms with E-state index in [2.05, 4.69) is 34.8 Å². The molecule has 5 heteroatoms. The average molecular weight is 327 g/mol. The lowest BCUT2D eigenvalue weighted by Crippen LogP contribution is -2.21. The lowest BCUT2D eigenvalue weighted by Gasteiger charge is -2.23. The van der Waals surface area contributed by atoms with Crippen molar-refractivity contribution in [3.05, 3.63) is 21.7 Å². The fraction of sp³-hybridized carbons (Fsp3) is 0.571. The molecule has 1 aromatic carbocycles. The van der Waals surface area contributed by atoms with Gasteiger partial charge in [0.1, 0.15) is 0 Å². The molecule has 0 saturated carbocycles. The van der Waals surface area contributed by atoms with Crippen molar-refractivity contribution in [2.45, 2.75) is 19.4 Å². The normalized spacial score (nSPS) is 26.1. The van der Waals surface area contributed by atoms with Crippen molar-refractivity contribution in [2.24, 2.45) is 11.7 Å². The van der Waals surface area contributed by atoms with Crippen LogP contribution in [-0.4, -0.2) is 31.8 Å². The number of likely N-dealkylation sites (tertiary alicyclic amines) is 1. The van der Waals surface area contributed by atoms with Gasteiger partial charge in [0, 0.05) is 22.6 Å². The highest BCUT2D eigenvalue weighted by Gasteiger charge is 2.35. The molecule has 2 unspecified atom stereocenters. The number of hydrogen-bond donors (Lipinski definition) is 1. The van der Waals surface area contributed by atoms with Crippen molar-refractivity contribution in [2.75, 3.05) is 26.9 Å². The molecule has 0 amide bonds. The Hall–Kier alpha value is -0.780. The van der Waals surface area contributed by atoms with E-state index in [0.29, 0.717) is 18.8 Å². The quantitative estimate of drug-likeness (QED) is 0.906. The Bertz CT molecular complexity index is 507. The molecule has 3 rings (SSSR count). The molecule has 2 N–H and O–H groups in total. The van der Waals surface area contributed by atoms with Crippen LogP contribution in [0.25, 0.3) is 0 Å². The molecule has 1 fully saturated rings. The van der Waals surface area contributed by atoms with E-state index in [1.807, 2.05) is 6.07 Å². The summed E-state index contributed by atoms with van der Waals surface area (Å²) in [5.41, 5.74) is 8.31. The van der Waals surface area contributed by atoms with Crippen LogP contribution in [0.1, 0.15) is 23.6 Å². The van der Waals surface area contributed by atoms with Crippen LogP contribution in [0.5, 0.6) is 11.5 Å². The molecule has 1 aromatic rings. The first-order valence-electron chi connectivity index (χ1n) is 6.60. The van der Waals surface area contributed by atoms with Crippen LogP contribution in [-0.2, 0) is 0 Å². The minimum atomic E-state index is 0.314. The van der Waals surface area contributed by atoms with Gasteiger partial charge in [0.15, 0.2) is 11.5 Å². The van der Waals surface area contributed by atoms with E-state index in [9.17, 15) is 0 Å². The number of halogens is 1. The molecule has 0 aliphatic carbocycles. The highest BCUT2D eigenvalue weighted by molar-refractivity contribution is 9.10. The summed E-state index contributed by atoms with van der Waals surface area (Å²) in [7, 11) is 2.16. The highest BCUT2D eigenvalue weighted by atomic mass is 79.9. The summed E-state index contributed by atoms with van der Waals surface area (Å²) in [5.74, 6) is 2.32. The molecule has 0 aromatic heterocycles. The van der Waals surface area contributed by atoms with Crippen molar-refractivity contribution in [1.82, 2.24) is 4.90 Å². The molecule has 0 radical (unpaired) electrons. The van der Waals surface area contributed by atoms with Gasteiger partial charge in [0.2, 0.25) is 6.79 Å². The predicted molar refractivity (Wildman–Crippen MR) is 77.5 cm³/mol. The maximum atomic E-state index is 5.83. The highest BCUT2D eigenvalue weighted by Crippen LogP contribution is 2.48. The Morgan fingerprint density at radius 1 is 1.47 bits per heavy atom. The van der Waals surface area contributed by atoms with Crippen molar-refractivity contribution in [3.63, 3.8) is 0 Å². The Balaban J connectivity index is 2.05. The van der Waals surface area contributed by atoms with Gasteiger partial charge in [-0.05, 0) is 44.5 Å². The van der Waals surface area contributed by atoms with Gasteiger partial charge in [-0.1, -0.05) is 15.9 Å². The standard InChI is InChI=1S/C14H19BrN2O2/c1-8-10(15)4-12-14(19-7-18-12)13(8)11-3-9(5-16)6-17(11)2/h4,9,11H,3,5-7,16H2,1-2H3. The molecular formula is C14H19BrN2O2. The number of nitrogens with two attached hydrogens (primary N) is 1. The van der Waals surface area contributed by atoms with Crippen LogP contribution in [0.15, 0.2) is 10.5 Å². The summed E-state index contributed by atoms with van der Waals surface area (Å²) in [6.45, 7) is 4.23. The number of ether oxygens (including phenoxy) is 2. The van der Waals surface area contributed by atoms with E-state index < -0.39 is 0 Å². The van der Waals surface area contributed by atoms with Crippen LogP contribution < -0.4 is 15.2 Å². The van der Waals surface area contributed by atoms with E-state index in [0.717, 1.165) is 35.5 Å². The fourth-order valence-electron chi connectivity index (χ4n) is 3.14. The minimum absolute atomic E-state index is 0.314. The Morgan fingerprint density at radius 2 is 2.26 bits per heavy atom. The number of rotatable bonds is 2. The van der Waals surface area contributed by atoms with Crippen LogP contribution in [0.3, 0.4) is 0 Å². The number of nitrogens with zero attached hydrogens (tertiary/aromatic N) is 1. The van der Waals surface area contributed by atoms with Crippen LogP contribution >= 0.6 is 15.9 Å². The van der Waals surface area contributed by atoms with Gasteiger partial charge < -0.3 is 15.2 Å². The summed E-state index contributed by atoms with van der Waals surface area (Å²) in [4.78, 5) is 2.37. The molecule has 0 spiro atoms. The third-order valence-corrected chi connectivity index (χ3v) is 5.03. The summed E-state index contributed by atoms with van der Waals surface area (Å²) in [6.07, 6.45) is 1.08. The number of fused-ring (bicyclic) bond motifs is 1. The SMILES string of the molecule is Cc1c(Br)cc2c(c1C1CC(CN)CN1C)OCO2. The van der Waals surface area contributed by atoms with Crippen molar-refractivity contribution in [3.8, 4) is 11.5 Å². The molecule has 1 saturated heterocycles. The summed E-state index contributed by atoms with van der Waals surface area (Å²) in [6, 6.07) is 2.36. The van der Waals surface area contributed by atoms with Gasteiger partial charge in [0.05, 0.1) is 0 Å². The first-order valence-corrected chi connectivity index (χ1v) is 7.40. The summed E-state index contributed by atoms with van der Waals surface area (Å²) >= 11 is 3.62. The van der Waals surface area contributed by atoms with E-state index in [1.165, 1.54) is 11.1 Å². The van der Waals surface area contributed by atoms with Gasteiger partial charge in [-0.25, -0.2) is 0 Å². The van der Waals surface area contributed by atoms with Crippen molar-refractivity contribution in [1.29, 1.82) is 0 Å². The third-order valence-electron chi connectivity index (χ3n) is 4.21. The van der Waals surface area contributed by atoms with Crippen molar-refractivity contribution >= 4 is 15.9 Å². The van der Waals surface area contributed by atoms with Gasteiger partial charge in [-0.3, -0.25) is 4.90 Å². The molecule has 2 aliphatic rings. The largest absolute Gasteiger partial charge is 0.454 e. The molecule has 4 nitrogen and oxygen atoms in total. The fourth-order valence-corrected chi connectivity index (χ4v) is 3.57. The van der Waals surface area contributed by atoms with Gasteiger partial charge in [0.25, 0.3) is 0 Å². The smallest absolute Gasteiger partial charge is 0.231 e. The first-order chi connectivity index (χ1) is 9.11. The van der Waals surface area contributed by atoms with E-state index in [1.54, 1.807) is 0 Å². The minimum Gasteiger partial charge on any atom is -0.454 e. The summed E-state index contributed by atoms with van der Waals surface area (Å²) < 4.78 is 12.3. The average Bonchev–Trinajstić information content (AvgIpc) is 2.97. The van der Waals surface area contributed by atoms with Crippen molar-refractivity contribution < 1.29 is 9.47 Å². The summed E-state index contributed by atoms with van der Waals surface area (Å²) in [5, 5.41) is 0. The molecule has 2 atom stereocenters. The van der Waals surface area contributed by atoms with E-state index >= 15 is 0 Å². The van der Waals surface area contributed by atoms with Crippen LogP contribution in [0.2, 0.25) is 0 Å². The first kappa shape index (κ1) is 13.2. The second kappa shape index (κ2) is 4.96. The van der Waals surface area contributed by atoms with E-state index in [4.69, 9.17) is 15.2 Å². The maximum absolute atomic E-state index is 5.83. The Labute approximate surface area is 122 Å². The second-order valence-corrected chi connectivity index (χ2v) is 6.28. The molecule has 0 bridgehead atoms. The number of benzene rings is 1. The number of hydrogen-bond acceptors (Lipinski definition) is 4. The third kappa shape index (κ3) is 2.14. The molecule has 19 heavy (non-hydrogen) atoms. The molecule has 2 heterocycles. The monoisotopic (exact) mass is 326 g/mol. The van der Waals surface area contributed by atoms with Gasteiger partial charge in [-0.15, -0.1) is 0 Å². The van der Waals surface area contributed by atoms with Gasteiger partial charge >= 0.3 is 0 Å². The Morgan fingerprint density at radius 3 is 2.95 bits per heavy atom. The van der Waals surface area contributed by atoms with Gasteiger partial charge in [-0.2, -0.15) is 0 Å².